The highest BCUT2D eigenvalue weighted by atomic mass is 16.2. The monoisotopic (exact) mass is 288 g/mol. The molecule has 0 aliphatic carbocycles. The lowest BCUT2D eigenvalue weighted by Gasteiger charge is -2.32. The lowest BCUT2D eigenvalue weighted by Crippen LogP contribution is -2.44. The summed E-state index contributed by atoms with van der Waals surface area (Å²) < 4.78 is 0. The predicted octanol–water partition coefficient (Wildman–Crippen LogP) is 2.77. The molecule has 0 bridgehead atoms. The molecule has 21 heavy (non-hydrogen) atoms. The van der Waals surface area contributed by atoms with Crippen LogP contribution in [0.1, 0.15) is 37.8 Å². The highest BCUT2D eigenvalue weighted by Gasteiger charge is 2.29. The maximum Gasteiger partial charge on any atom is 0.227 e. The summed E-state index contributed by atoms with van der Waals surface area (Å²) >= 11 is 0. The van der Waals surface area contributed by atoms with Gasteiger partial charge in [0.15, 0.2) is 0 Å². The third-order valence-corrected chi connectivity index (χ3v) is 4.54. The van der Waals surface area contributed by atoms with Gasteiger partial charge in [-0.2, -0.15) is 0 Å². The van der Waals surface area contributed by atoms with Gasteiger partial charge in [-0.05, 0) is 45.2 Å². The molecule has 1 aliphatic heterocycles. The summed E-state index contributed by atoms with van der Waals surface area (Å²) in [5.41, 5.74) is 2.61. The second kappa shape index (κ2) is 7.60. The Labute approximate surface area is 128 Å². The molecule has 1 heterocycles. The van der Waals surface area contributed by atoms with Crippen LogP contribution in [0, 0.1) is 12.8 Å². The zero-order chi connectivity index (χ0) is 15.2. The third-order valence-electron chi connectivity index (χ3n) is 4.54. The Balaban J connectivity index is 2.05. The molecule has 2 rings (SSSR count). The molecular weight excluding hydrogens is 260 g/mol. The van der Waals surface area contributed by atoms with Crippen molar-refractivity contribution in [3.05, 3.63) is 35.4 Å². The van der Waals surface area contributed by atoms with Crippen LogP contribution in [0.5, 0.6) is 0 Å². The zero-order valence-electron chi connectivity index (χ0n) is 13.6. The molecule has 1 aliphatic rings. The fraction of sp³-hybridized carbons (Fsp3) is 0.611. The molecule has 1 aromatic carbocycles. The van der Waals surface area contributed by atoms with E-state index in [1.54, 1.807) is 0 Å². The maximum atomic E-state index is 12.7. The van der Waals surface area contributed by atoms with Crippen LogP contribution >= 0.6 is 0 Å². The molecule has 1 aromatic rings. The summed E-state index contributed by atoms with van der Waals surface area (Å²) in [6.45, 7) is 9.01. The highest BCUT2D eigenvalue weighted by Crippen LogP contribution is 2.18. The topological polar surface area (TPSA) is 32.3 Å². The van der Waals surface area contributed by atoms with Gasteiger partial charge in [-0.15, -0.1) is 0 Å². The summed E-state index contributed by atoms with van der Waals surface area (Å²) in [6, 6.07) is 8.99. The number of rotatable bonds is 6. The first-order valence-electron chi connectivity index (χ1n) is 8.22. The minimum atomic E-state index is 0.178. The number of likely N-dealkylation sites (N-methyl/N-ethyl adjacent to an activating group) is 1. The van der Waals surface area contributed by atoms with Crippen LogP contribution in [0.15, 0.2) is 24.3 Å². The van der Waals surface area contributed by atoms with Crippen molar-refractivity contribution in [1.82, 2.24) is 10.2 Å². The molecular formula is C18H28N2O. The quantitative estimate of drug-likeness (QED) is 0.873. The largest absolute Gasteiger partial charge is 0.339 e. The van der Waals surface area contributed by atoms with E-state index in [0.29, 0.717) is 11.9 Å². The Hall–Kier alpha value is -1.35. The molecule has 1 amide bonds. The van der Waals surface area contributed by atoms with E-state index in [1.165, 1.54) is 11.1 Å². The van der Waals surface area contributed by atoms with E-state index in [-0.39, 0.29) is 5.92 Å². The molecule has 3 nitrogen and oxygen atoms in total. The molecule has 1 saturated heterocycles. The van der Waals surface area contributed by atoms with Crippen molar-refractivity contribution in [3.8, 4) is 0 Å². The molecule has 1 N–H and O–H groups in total. The van der Waals surface area contributed by atoms with Gasteiger partial charge in [-0.1, -0.05) is 36.8 Å². The minimum absolute atomic E-state index is 0.178. The number of hydrogen-bond acceptors (Lipinski definition) is 2. The number of carbonyl (C=O) groups is 1. The van der Waals surface area contributed by atoms with Gasteiger partial charge >= 0.3 is 0 Å². The van der Waals surface area contributed by atoms with E-state index >= 15 is 0 Å². The smallest absolute Gasteiger partial charge is 0.227 e. The summed E-state index contributed by atoms with van der Waals surface area (Å²) in [5, 5.41) is 3.30. The Bertz CT molecular complexity index is 449. The van der Waals surface area contributed by atoms with Gasteiger partial charge in [0.25, 0.3) is 0 Å². The maximum absolute atomic E-state index is 12.7. The van der Waals surface area contributed by atoms with Crippen molar-refractivity contribution < 1.29 is 4.79 Å². The first-order chi connectivity index (χ1) is 10.2. The van der Waals surface area contributed by atoms with E-state index in [9.17, 15) is 4.79 Å². The lowest BCUT2D eigenvalue weighted by molar-refractivity contribution is -0.137. The highest BCUT2D eigenvalue weighted by molar-refractivity contribution is 5.79. The average molecular weight is 288 g/mol. The molecule has 3 heteroatoms. The van der Waals surface area contributed by atoms with Crippen LogP contribution < -0.4 is 5.32 Å². The van der Waals surface area contributed by atoms with Crippen LogP contribution in [0.3, 0.4) is 0 Å². The van der Waals surface area contributed by atoms with Crippen molar-refractivity contribution in [2.45, 2.75) is 46.1 Å². The van der Waals surface area contributed by atoms with Crippen molar-refractivity contribution in [2.75, 3.05) is 19.6 Å². The first kappa shape index (κ1) is 16.0. The molecule has 116 valence electrons. The predicted molar refractivity (Wildman–Crippen MR) is 87.3 cm³/mol. The first-order valence-corrected chi connectivity index (χ1v) is 8.22. The summed E-state index contributed by atoms with van der Waals surface area (Å²) in [7, 11) is 0. The minimum Gasteiger partial charge on any atom is -0.339 e. The van der Waals surface area contributed by atoms with Crippen LogP contribution in [-0.2, 0) is 11.2 Å². The second-order valence-corrected chi connectivity index (χ2v) is 6.07. The van der Waals surface area contributed by atoms with E-state index in [1.807, 2.05) is 0 Å². The van der Waals surface area contributed by atoms with Crippen LogP contribution in [0.2, 0.25) is 0 Å². The molecule has 0 saturated carbocycles. The van der Waals surface area contributed by atoms with Gasteiger partial charge in [0, 0.05) is 19.1 Å². The van der Waals surface area contributed by atoms with Crippen LogP contribution in [0.25, 0.3) is 0 Å². The fourth-order valence-corrected chi connectivity index (χ4v) is 3.17. The number of aryl methyl sites for hydroxylation is 1. The Kier molecular flexibility index (Phi) is 5.80. The third kappa shape index (κ3) is 4.07. The van der Waals surface area contributed by atoms with Gasteiger partial charge in [-0.25, -0.2) is 0 Å². The second-order valence-electron chi connectivity index (χ2n) is 6.07. The van der Waals surface area contributed by atoms with Crippen molar-refractivity contribution in [3.63, 3.8) is 0 Å². The van der Waals surface area contributed by atoms with Gasteiger partial charge in [0.2, 0.25) is 5.91 Å². The summed E-state index contributed by atoms with van der Waals surface area (Å²) in [6.07, 6.45) is 2.94. The zero-order valence-corrected chi connectivity index (χ0v) is 13.6. The Morgan fingerprint density at radius 3 is 2.57 bits per heavy atom. The van der Waals surface area contributed by atoms with Crippen LogP contribution in [-0.4, -0.2) is 36.5 Å². The number of nitrogens with one attached hydrogen (secondary N) is 1. The van der Waals surface area contributed by atoms with Gasteiger partial charge in [0.1, 0.15) is 0 Å². The van der Waals surface area contributed by atoms with Crippen molar-refractivity contribution in [1.29, 1.82) is 0 Å². The van der Waals surface area contributed by atoms with E-state index in [4.69, 9.17) is 0 Å². The fourth-order valence-electron chi connectivity index (χ4n) is 3.17. The van der Waals surface area contributed by atoms with Crippen LogP contribution in [0.4, 0.5) is 0 Å². The molecule has 2 unspecified atom stereocenters. The average Bonchev–Trinajstić information content (AvgIpc) is 3.03. The van der Waals surface area contributed by atoms with E-state index < -0.39 is 0 Å². The molecule has 2 atom stereocenters. The lowest BCUT2D eigenvalue weighted by atomic mass is 9.99. The number of hydrogen-bond donors (Lipinski definition) is 1. The number of amides is 1. The molecule has 0 aromatic heterocycles. The SMILES string of the molecule is CCC(Cc1ccc(C)cc1)N(CC)C(=O)C1CCNC1. The molecule has 1 fully saturated rings. The standard InChI is InChI=1S/C18H28N2O/c1-4-17(12-15-8-6-14(3)7-9-15)20(5-2)18(21)16-10-11-19-13-16/h6-9,16-17,19H,4-5,10-13H2,1-3H3. The Morgan fingerprint density at radius 1 is 1.33 bits per heavy atom. The van der Waals surface area contributed by atoms with Crippen molar-refractivity contribution >= 4 is 5.91 Å². The number of benzene rings is 1. The van der Waals surface area contributed by atoms with Gasteiger partial charge < -0.3 is 10.2 Å². The molecule has 0 spiro atoms. The van der Waals surface area contributed by atoms with E-state index in [0.717, 1.165) is 38.9 Å². The summed E-state index contributed by atoms with van der Waals surface area (Å²) in [4.78, 5) is 14.8. The normalized spacial score (nSPS) is 19.5. The van der Waals surface area contributed by atoms with E-state index in [2.05, 4.69) is 55.3 Å². The Morgan fingerprint density at radius 2 is 2.05 bits per heavy atom. The van der Waals surface area contributed by atoms with Crippen molar-refractivity contribution in [2.24, 2.45) is 5.92 Å². The number of carbonyl (C=O) groups excluding carboxylic acids is 1. The molecule has 0 radical (unpaired) electrons. The number of nitrogens with zero attached hydrogens (tertiary/aromatic N) is 1. The van der Waals surface area contributed by atoms with Gasteiger partial charge in [0.05, 0.1) is 5.92 Å². The van der Waals surface area contributed by atoms with Gasteiger partial charge in [-0.3, -0.25) is 4.79 Å². The summed E-state index contributed by atoms with van der Waals surface area (Å²) in [5.74, 6) is 0.512.